The van der Waals surface area contributed by atoms with Gasteiger partial charge in [0.1, 0.15) is 43.3 Å². The highest BCUT2D eigenvalue weighted by Gasteiger charge is 2.56. The summed E-state index contributed by atoms with van der Waals surface area (Å²) in [6.07, 6.45) is 0.467. The molecule has 32 heavy (non-hydrogen) atoms. The normalized spacial score (nSPS) is 29.3. The molecule has 2 aromatic heterocycles. The first-order chi connectivity index (χ1) is 14.9. The van der Waals surface area contributed by atoms with Gasteiger partial charge < -0.3 is 29.3 Å². The smallest absolute Gasteiger partial charge is 0.382 e. The molecule has 13 nitrogen and oxygen atoms in total. The molecule has 2 saturated heterocycles. The van der Waals surface area contributed by atoms with Crippen molar-refractivity contribution in [3.05, 3.63) is 12.7 Å². The molecule has 0 aromatic carbocycles. The highest BCUT2D eigenvalue weighted by molar-refractivity contribution is 7.47. The summed E-state index contributed by atoms with van der Waals surface area (Å²) in [6.45, 7) is 3.98. The lowest BCUT2D eigenvalue weighted by Crippen LogP contribution is -2.37. The number of nitrogens with two attached hydrogens (primary N) is 1. The average Bonchev–Trinajstić information content (AvgIpc) is 3.30. The van der Waals surface area contributed by atoms with Crippen LogP contribution in [-0.4, -0.2) is 93.9 Å². The molecule has 14 heteroatoms. The van der Waals surface area contributed by atoms with Crippen molar-refractivity contribution in [3.8, 4) is 0 Å². The van der Waals surface area contributed by atoms with Gasteiger partial charge in [-0.1, -0.05) is 0 Å². The maximum atomic E-state index is 12.3. The molecule has 0 radical (unpaired) electrons. The maximum absolute atomic E-state index is 12.3. The molecule has 0 spiro atoms. The van der Waals surface area contributed by atoms with Crippen molar-refractivity contribution in [3.63, 3.8) is 0 Å². The summed E-state index contributed by atoms with van der Waals surface area (Å²) < 4.78 is 43.1. The van der Waals surface area contributed by atoms with E-state index >= 15 is 0 Å². The first kappa shape index (κ1) is 23.5. The van der Waals surface area contributed by atoms with Gasteiger partial charge in [0.2, 0.25) is 0 Å². The van der Waals surface area contributed by atoms with Gasteiger partial charge in [0.25, 0.3) is 0 Å². The number of ether oxygens (including phenoxy) is 3. The summed E-state index contributed by atoms with van der Waals surface area (Å²) in [4.78, 5) is 22.5. The minimum absolute atomic E-state index is 0.0757. The summed E-state index contributed by atoms with van der Waals surface area (Å²) in [5.74, 6) is -0.622. The number of hydrogen-bond acceptors (Lipinski definition) is 10. The average molecular weight is 473 g/mol. The number of quaternary nitrogens is 1. The second kappa shape index (κ2) is 8.26. The molecule has 5 atom stereocenters. The molecular formula is C18H30N6O7P+. The Labute approximate surface area is 185 Å². The first-order valence-electron chi connectivity index (χ1n) is 10.2. The van der Waals surface area contributed by atoms with Crippen molar-refractivity contribution in [1.82, 2.24) is 19.5 Å². The maximum Gasteiger partial charge on any atom is 0.472 e. The van der Waals surface area contributed by atoms with Gasteiger partial charge in [-0.05, 0) is 13.8 Å². The zero-order chi connectivity index (χ0) is 23.3. The Morgan fingerprint density at radius 3 is 2.66 bits per heavy atom. The minimum atomic E-state index is -4.27. The van der Waals surface area contributed by atoms with E-state index in [1.165, 1.54) is 6.33 Å². The van der Waals surface area contributed by atoms with E-state index in [0.717, 1.165) is 0 Å². The van der Waals surface area contributed by atoms with Crippen LogP contribution in [0.4, 0.5) is 5.82 Å². The van der Waals surface area contributed by atoms with Crippen LogP contribution >= 0.6 is 7.82 Å². The van der Waals surface area contributed by atoms with E-state index in [1.807, 2.05) is 21.1 Å². The molecule has 1 unspecified atom stereocenters. The Morgan fingerprint density at radius 1 is 1.22 bits per heavy atom. The van der Waals surface area contributed by atoms with E-state index in [9.17, 15) is 9.46 Å². The molecule has 0 saturated carbocycles. The number of phosphoric ester groups is 1. The third-order valence-electron chi connectivity index (χ3n) is 5.21. The van der Waals surface area contributed by atoms with E-state index in [4.69, 9.17) is 29.0 Å². The second-order valence-electron chi connectivity index (χ2n) is 9.32. The predicted molar refractivity (Wildman–Crippen MR) is 112 cm³/mol. The molecule has 0 bridgehead atoms. The van der Waals surface area contributed by atoms with Gasteiger partial charge >= 0.3 is 7.82 Å². The van der Waals surface area contributed by atoms with E-state index < -0.39 is 38.1 Å². The fourth-order valence-corrected chi connectivity index (χ4v) is 4.43. The van der Waals surface area contributed by atoms with Crippen LogP contribution < -0.4 is 5.73 Å². The van der Waals surface area contributed by atoms with Crippen LogP contribution in [0.5, 0.6) is 0 Å². The molecular weight excluding hydrogens is 443 g/mol. The number of hydrogen-bond donors (Lipinski definition) is 2. The molecule has 4 heterocycles. The van der Waals surface area contributed by atoms with E-state index in [1.54, 1.807) is 24.7 Å². The molecule has 0 aliphatic carbocycles. The van der Waals surface area contributed by atoms with Crippen molar-refractivity contribution >= 4 is 24.8 Å². The number of imidazole rings is 1. The van der Waals surface area contributed by atoms with Gasteiger partial charge in [0.15, 0.2) is 23.5 Å². The van der Waals surface area contributed by atoms with Gasteiger partial charge in [0, 0.05) is 0 Å². The van der Waals surface area contributed by atoms with Crippen LogP contribution in [0.1, 0.15) is 20.1 Å². The predicted octanol–water partition coefficient (Wildman–Crippen LogP) is 0.666. The Morgan fingerprint density at radius 2 is 1.94 bits per heavy atom. The van der Waals surface area contributed by atoms with Crippen LogP contribution in [0, 0.1) is 0 Å². The monoisotopic (exact) mass is 473 g/mol. The fourth-order valence-electron chi connectivity index (χ4n) is 3.71. The second-order valence-corrected chi connectivity index (χ2v) is 10.8. The van der Waals surface area contributed by atoms with Gasteiger partial charge in [-0.3, -0.25) is 13.6 Å². The van der Waals surface area contributed by atoms with Crippen molar-refractivity contribution in [2.24, 2.45) is 0 Å². The fraction of sp³-hybridized carbons (Fsp3) is 0.722. The first-order valence-corrected chi connectivity index (χ1v) is 11.7. The van der Waals surface area contributed by atoms with Crippen LogP contribution in [0.15, 0.2) is 12.7 Å². The lowest BCUT2D eigenvalue weighted by molar-refractivity contribution is -0.870. The summed E-state index contributed by atoms with van der Waals surface area (Å²) in [6, 6.07) is 0. The number of fused-ring (bicyclic) bond motifs is 2. The largest absolute Gasteiger partial charge is 0.472 e. The highest BCUT2D eigenvalue weighted by Crippen LogP contribution is 2.47. The van der Waals surface area contributed by atoms with Crippen molar-refractivity contribution in [2.45, 2.75) is 44.2 Å². The summed E-state index contributed by atoms with van der Waals surface area (Å²) in [5.41, 5.74) is 6.81. The number of nitrogens with zero attached hydrogens (tertiary/aromatic N) is 5. The van der Waals surface area contributed by atoms with Gasteiger partial charge in [-0.25, -0.2) is 19.5 Å². The van der Waals surface area contributed by atoms with Crippen LogP contribution in [0.2, 0.25) is 0 Å². The summed E-state index contributed by atoms with van der Waals surface area (Å²) >= 11 is 0. The zero-order valence-corrected chi connectivity index (χ0v) is 19.6. The van der Waals surface area contributed by atoms with Crippen molar-refractivity contribution in [1.29, 1.82) is 0 Å². The number of anilines is 1. The van der Waals surface area contributed by atoms with Crippen LogP contribution in [0.3, 0.4) is 0 Å². The SMILES string of the molecule is CC1(C)O[C@@H]2[C@H](O1)[C@@H](COP(=O)(O)OCC[N+](C)(C)C)O[C@H]2n1cnc2c(N)ncnc21. The molecule has 178 valence electrons. The number of phosphoric acid groups is 1. The molecule has 2 aromatic rings. The molecule has 2 aliphatic heterocycles. The van der Waals surface area contributed by atoms with E-state index in [2.05, 4.69) is 15.0 Å². The molecule has 0 amide bonds. The van der Waals surface area contributed by atoms with E-state index in [-0.39, 0.29) is 19.0 Å². The Bertz CT molecular complexity index is 1020. The number of likely N-dealkylation sites (N-methyl/N-ethyl adjacent to an activating group) is 1. The molecule has 2 fully saturated rings. The van der Waals surface area contributed by atoms with Gasteiger partial charge in [0.05, 0.1) is 34.1 Å². The van der Waals surface area contributed by atoms with Gasteiger partial charge in [-0.2, -0.15) is 0 Å². The quantitative estimate of drug-likeness (QED) is 0.411. The van der Waals surface area contributed by atoms with Gasteiger partial charge in [-0.15, -0.1) is 0 Å². The zero-order valence-electron chi connectivity index (χ0n) is 18.7. The number of nitrogen functional groups attached to an aromatic ring is 1. The Hall–Kier alpha value is -1.70. The summed E-state index contributed by atoms with van der Waals surface area (Å²) in [5, 5.41) is 0. The number of aromatic nitrogens is 4. The highest BCUT2D eigenvalue weighted by atomic mass is 31.2. The third-order valence-corrected chi connectivity index (χ3v) is 6.19. The molecule has 3 N–H and O–H groups in total. The lowest BCUT2D eigenvalue weighted by Gasteiger charge is -2.25. The van der Waals surface area contributed by atoms with Crippen molar-refractivity contribution in [2.75, 3.05) is 46.6 Å². The standard InChI is InChI=1S/C18H29N6O7P/c1-18(2)30-13-11(8-28-32(25,26)27-7-6-24(3,4)5)29-17(14(13)31-18)23-10-22-12-15(19)20-9-21-16(12)23/h9-11,13-14,17H,6-8H2,1-5H3,(H2-,19,20,21,25,26)/p+1/t11-,13-,14-,17-/m1/s1. The Kier molecular flexibility index (Phi) is 6.06. The third kappa shape index (κ3) is 4.95. The topological polar surface area (TPSA) is 153 Å². The van der Waals surface area contributed by atoms with E-state index in [0.29, 0.717) is 22.2 Å². The minimum Gasteiger partial charge on any atom is -0.382 e. The Balaban J connectivity index is 1.49. The van der Waals surface area contributed by atoms with Crippen LogP contribution in [-0.2, 0) is 27.8 Å². The lowest BCUT2D eigenvalue weighted by atomic mass is 10.1. The number of rotatable bonds is 8. The molecule has 2 aliphatic rings. The van der Waals surface area contributed by atoms with Crippen LogP contribution in [0.25, 0.3) is 11.2 Å². The molecule has 4 rings (SSSR count). The van der Waals surface area contributed by atoms with Crippen molar-refractivity contribution < 1.29 is 37.2 Å². The summed E-state index contributed by atoms with van der Waals surface area (Å²) in [7, 11) is 1.60.